The normalized spacial score (nSPS) is 42.9. The van der Waals surface area contributed by atoms with Crippen molar-refractivity contribution in [1.82, 2.24) is 0 Å². The van der Waals surface area contributed by atoms with Crippen LogP contribution in [-0.2, 0) is 0 Å². The summed E-state index contributed by atoms with van der Waals surface area (Å²) in [7, 11) is 0. The number of fused-ring (bicyclic) bond motifs is 3. The molecule has 0 heterocycles. The van der Waals surface area contributed by atoms with Gasteiger partial charge in [-0.15, -0.1) is 0 Å². The summed E-state index contributed by atoms with van der Waals surface area (Å²) in [6.45, 7) is 0. The molecule has 2 nitrogen and oxygen atoms in total. The van der Waals surface area contributed by atoms with E-state index in [4.69, 9.17) is 10.7 Å². The number of rotatable bonds is 2. The lowest BCUT2D eigenvalue weighted by Crippen LogP contribution is -2.35. The van der Waals surface area contributed by atoms with Crippen LogP contribution in [0.3, 0.4) is 0 Å². The smallest absolute Gasteiger partial charge is 0.0971 e. The first-order valence-corrected chi connectivity index (χ1v) is 6.16. The summed E-state index contributed by atoms with van der Waals surface area (Å²) >= 11 is 0. The van der Waals surface area contributed by atoms with Crippen molar-refractivity contribution in [2.75, 3.05) is 0 Å². The van der Waals surface area contributed by atoms with E-state index in [9.17, 15) is 0 Å². The highest BCUT2D eigenvalue weighted by atomic mass is 14.9. The zero-order valence-electron chi connectivity index (χ0n) is 8.78. The van der Waals surface area contributed by atoms with Crippen LogP contribution in [0.1, 0.15) is 44.9 Å². The summed E-state index contributed by atoms with van der Waals surface area (Å²) in [4.78, 5) is 4.78. The highest BCUT2D eigenvalue weighted by Crippen LogP contribution is 2.43. The third-order valence-corrected chi connectivity index (χ3v) is 4.32. The van der Waals surface area contributed by atoms with Crippen molar-refractivity contribution in [2.45, 2.75) is 51.0 Å². The highest BCUT2D eigenvalue weighted by molar-refractivity contribution is 5.85. The summed E-state index contributed by atoms with van der Waals surface area (Å²) in [5, 5.41) is 0. The van der Waals surface area contributed by atoms with E-state index in [-0.39, 0.29) is 0 Å². The molecule has 0 saturated heterocycles. The van der Waals surface area contributed by atoms with Crippen LogP contribution in [-0.4, -0.2) is 11.9 Å². The van der Waals surface area contributed by atoms with Gasteiger partial charge in [0.2, 0.25) is 0 Å². The molecule has 2 N–H and O–H groups in total. The van der Waals surface area contributed by atoms with E-state index in [2.05, 4.69) is 0 Å². The van der Waals surface area contributed by atoms with Crippen LogP contribution >= 0.6 is 0 Å². The van der Waals surface area contributed by atoms with Crippen molar-refractivity contribution >= 4 is 5.84 Å². The van der Waals surface area contributed by atoms with Gasteiger partial charge in [0, 0.05) is 5.92 Å². The highest BCUT2D eigenvalue weighted by Gasteiger charge is 2.36. The number of amidine groups is 1. The maximum absolute atomic E-state index is 5.99. The minimum atomic E-state index is 0.600. The third-order valence-electron chi connectivity index (χ3n) is 4.32. The van der Waals surface area contributed by atoms with Gasteiger partial charge >= 0.3 is 0 Å². The molecular formula is C12H20N2. The quantitative estimate of drug-likeness (QED) is 0.529. The summed E-state index contributed by atoms with van der Waals surface area (Å²) < 4.78 is 0. The number of aliphatic imine (C=N–C) groups is 1. The molecule has 2 bridgehead atoms. The van der Waals surface area contributed by atoms with Crippen molar-refractivity contribution in [1.29, 1.82) is 0 Å². The predicted octanol–water partition coefficient (Wildman–Crippen LogP) is 2.33. The molecule has 4 saturated carbocycles. The van der Waals surface area contributed by atoms with Gasteiger partial charge < -0.3 is 5.73 Å². The Morgan fingerprint density at radius 2 is 1.71 bits per heavy atom. The second-order valence-electron chi connectivity index (χ2n) is 5.41. The average Bonchev–Trinajstić information content (AvgIpc) is 3.02. The van der Waals surface area contributed by atoms with Gasteiger partial charge in [-0.25, -0.2) is 0 Å². The van der Waals surface area contributed by atoms with Gasteiger partial charge in [0.15, 0.2) is 0 Å². The molecule has 0 aliphatic heterocycles. The monoisotopic (exact) mass is 192 g/mol. The van der Waals surface area contributed by atoms with Crippen LogP contribution < -0.4 is 5.73 Å². The maximum Gasteiger partial charge on any atom is 0.0971 e. The molecule has 0 radical (unpaired) electrons. The predicted molar refractivity (Wildman–Crippen MR) is 58.2 cm³/mol. The molecule has 4 aliphatic carbocycles. The Balaban J connectivity index is 1.69. The van der Waals surface area contributed by atoms with E-state index in [1.807, 2.05) is 0 Å². The van der Waals surface area contributed by atoms with E-state index < -0.39 is 0 Å². The standard InChI is InChI=1S/C12H20N2/c13-12(10-5-6-10)14-11-7-8-1-3-9(11)4-2-8/h8-11H,1-7H2,(H2,13,14). The van der Waals surface area contributed by atoms with Crippen LogP contribution in [0.15, 0.2) is 4.99 Å². The first-order chi connectivity index (χ1) is 6.83. The molecule has 4 aliphatic rings. The summed E-state index contributed by atoms with van der Waals surface area (Å²) in [5.74, 6) is 3.48. The average molecular weight is 192 g/mol. The Bertz CT molecular complexity index is 247. The second-order valence-corrected chi connectivity index (χ2v) is 5.41. The molecule has 0 aromatic heterocycles. The third kappa shape index (κ3) is 1.55. The fourth-order valence-electron chi connectivity index (χ4n) is 3.18. The Kier molecular flexibility index (Phi) is 2.03. The van der Waals surface area contributed by atoms with Crippen molar-refractivity contribution < 1.29 is 0 Å². The largest absolute Gasteiger partial charge is 0.387 e. The molecule has 1 atom stereocenters. The van der Waals surface area contributed by atoms with Gasteiger partial charge in [-0.3, -0.25) is 4.99 Å². The molecule has 2 heteroatoms. The Morgan fingerprint density at radius 1 is 1.00 bits per heavy atom. The van der Waals surface area contributed by atoms with Crippen LogP contribution in [0.25, 0.3) is 0 Å². The molecule has 1 unspecified atom stereocenters. The van der Waals surface area contributed by atoms with Gasteiger partial charge in [0.1, 0.15) is 0 Å². The minimum Gasteiger partial charge on any atom is -0.387 e. The van der Waals surface area contributed by atoms with Crippen LogP contribution in [0.4, 0.5) is 0 Å². The van der Waals surface area contributed by atoms with E-state index in [1.165, 1.54) is 44.9 Å². The molecule has 0 amide bonds. The van der Waals surface area contributed by atoms with Crippen molar-refractivity contribution in [2.24, 2.45) is 28.5 Å². The van der Waals surface area contributed by atoms with Crippen LogP contribution in [0.2, 0.25) is 0 Å². The summed E-state index contributed by atoms with van der Waals surface area (Å²) in [6.07, 6.45) is 9.65. The fourth-order valence-corrected chi connectivity index (χ4v) is 3.18. The lowest BCUT2D eigenvalue weighted by molar-refractivity contribution is 0.148. The van der Waals surface area contributed by atoms with Crippen molar-refractivity contribution in [3.63, 3.8) is 0 Å². The van der Waals surface area contributed by atoms with E-state index >= 15 is 0 Å². The SMILES string of the molecule is NC(=NC1CC2CCC1CC2)C1CC1. The first-order valence-electron chi connectivity index (χ1n) is 6.16. The number of hydrogen-bond acceptors (Lipinski definition) is 1. The molecule has 4 fully saturated rings. The van der Waals surface area contributed by atoms with Gasteiger partial charge in [-0.1, -0.05) is 12.8 Å². The van der Waals surface area contributed by atoms with Gasteiger partial charge in [0.25, 0.3) is 0 Å². The summed E-state index contributed by atoms with van der Waals surface area (Å²) in [6, 6.07) is 0.600. The molecule has 14 heavy (non-hydrogen) atoms. The van der Waals surface area contributed by atoms with Crippen molar-refractivity contribution in [3.8, 4) is 0 Å². The second kappa shape index (κ2) is 3.25. The Hall–Kier alpha value is -0.530. The number of nitrogens with zero attached hydrogens (tertiary/aromatic N) is 1. The van der Waals surface area contributed by atoms with Gasteiger partial charge in [-0.05, 0) is 43.9 Å². The zero-order chi connectivity index (χ0) is 9.54. The molecule has 0 aromatic rings. The lowest BCUT2D eigenvalue weighted by atomic mass is 9.68. The van der Waals surface area contributed by atoms with E-state index in [1.54, 1.807) is 0 Å². The Labute approximate surface area is 86.0 Å². The number of nitrogens with two attached hydrogens (primary N) is 1. The van der Waals surface area contributed by atoms with Crippen LogP contribution in [0.5, 0.6) is 0 Å². The molecular weight excluding hydrogens is 172 g/mol. The first kappa shape index (κ1) is 8.75. The molecule has 78 valence electrons. The van der Waals surface area contributed by atoms with Crippen molar-refractivity contribution in [3.05, 3.63) is 0 Å². The minimum absolute atomic E-state index is 0.600. The molecule has 4 rings (SSSR count). The summed E-state index contributed by atoms with van der Waals surface area (Å²) in [5.41, 5.74) is 5.99. The lowest BCUT2D eigenvalue weighted by Gasteiger charge is -2.40. The molecule has 0 aromatic carbocycles. The molecule has 0 spiro atoms. The Morgan fingerprint density at radius 3 is 2.21 bits per heavy atom. The number of hydrogen-bond donors (Lipinski definition) is 1. The van der Waals surface area contributed by atoms with E-state index in [0.29, 0.717) is 12.0 Å². The van der Waals surface area contributed by atoms with Crippen LogP contribution in [0, 0.1) is 17.8 Å². The van der Waals surface area contributed by atoms with Gasteiger partial charge in [0.05, 0.1) is 11.9 Å². The maximum atomic E-state index is 5.99. The topological polar surface area (TPSA) is 38.4 Å². The zero-order valence-corrected chi connectivity index (χ0v) is 8.78. The fraction of sp³-hybridized carbons (Fsp3) is 0.917. The van der Waals surface area contributed by atoms with E-state index in [0.717, 1.165) is 17.7 Å². The van der Waals surface area contributed by atoms with Gasteiger partial charge in [-0.2, -0.15) is 0 Å².